The first kappa shape index (κ1) is 10.9. The van der Waals surface area contributed by atoms with Crippen LogP contribution in [0.2, 0.25) is 0 Å². The van der Waals surface area contributed by atoms with Crippen molar-refractivity contribution in [2.45, 2.75) is 12.8 Å². The second-order valence-corrected chi connectivity index (χ2v) is 4.54. The zero-order valence-electron chi connectivity index (χ0n) is 9.93. The lowest BCUT2D eigenvalue weighted by molar-refractivity contribution is 0.501. The summed E-state index contributed by atoms with van der Waals surface area (Å²) in [5.74, 6) is 1.23. The smallest absolute Gasteiger partial charge is 0.182 e. The number of aromatic nitrogens is 4. The van der Waals surface area contributed by atoms with Crippen molar-refractivity contribution in [3.8, 4) is 0 Å². The van der Waals surface area contributed by atoms with E-state index in [1.165, 1.54) is 6.33 Å². The van der Waals surface area contributed by atoms with Crippen LogP contribution in [-0.4, -0.2) is 38.9 Å². The molecule has 7 heteroatoms. The van der Waals surface area contributed by atoms with Crippen molar-refractivity contribution in [2.24, 2.45) is 11.7 Å². The van der Waals surface area contributed by atoms with Crippen molar-refractivity contribution in [1.29, 1.82) is 5.41 Å². The highest BCUT2D eigenvalue weighted by atomic mass is 15.2. The molecule has 1 unspecified atom stereocenters. The average molecular weight is 245 g/mol. The van der Waals surface area contributed by atoms with E-state index in [9.17, 15) is 0 Å². The van der Waals surface area contributed by atoms with Gasteiger partial charge in [-0.05, 0) is 12.8 Å². The van der Waals surface area contributed by atoms with Gasteiger partial charge in [0.15, 0.2) is 11.5 Å². The number of nitrogens with two attached hydrogens (primary N) is 1. The van der Waals surface area contributed by atoms with Crippen LogP contribution in [0, 0.1) is 11.3 Å². The molecule has 1 aliphatic rings. The number of nitrogens with zero attached hydrogens (tertiary/aromatic N) is 4. The zero-order chi connectivity index (χ0) is 12.5. The van der Waals surface area contributed by atoms with Gasteiger partial charge in [-0.25, -0.2) is 15.0 Å². The van der Waals surface area contributed by atoms with E-state index in [4.69, 9.17) is 11.1 Å². The summed E-state index contributed by atoms with van der Waals surface area (Å²) in [5.41, 5.74) is 7.12. The van der Waals surface area contributed by atoms with Crippen LogP contribution in [0.25, 0.3) is 11.2 Å². The van der Waals surface area contributed by atoms with Crippen LogP contribution in [0.4, 0.5) is 5.82 Å². The number of amidine groups is 1. The largest absolute Gasteiger partial charge is 0.387 e. The number of imidazole rings is 1. The molecule has 7 nitrogen and oxygen atoms in total. The standard InChI is InChI=1S/C11H15N7/c12-9(13)7-2-1-3-18(4-7)11-8-10(15-5-14-8)16-6-17-11/h5-7H,1-4H2,(H3,12,13)(H,14,15,16,17). The summed E-state index contributed by atoms with van der Waals surface area (Å²) in [5, 5.41) is 7.57. The fourth-order valence-electron chi connectivity index (χ4n) is 2.42. The molecule has 94 valence electrons. The fraction of sp³-hybridized carbons (Fsp3) is 0.455. The second-order valence-electron chi connectivity index (χ2n) is 4.54. The summed E-state index contributed by atoms with van der Waals surface area (Å²) in [7, 11) is 0. The van der Waals surface area contributed by atoms with Crippen LogP contribution in [0.1, 0.15) is 12.8 Å². The van der Waals surface area contributed by atoms with Crippen molar-refractivity contribution < 1.29 is 0 Å². The third-order valence-corrected chi connectivity index (χ3v) is 3.36. The van der Waals surface area contributed by atoms with E-state index in [2.05, 4.69) is 24.8 Å². The Labute approximate surface area is 104 Å². The Bertz CT molecular complexity index is 576. The summed E-state index contributed by atoms with van der Waals surface area (Å²) in [4.78, 5) is 17.8. The summed E-state index contributed by atoms with van der Waals surface area (Å²) >= 11 is 0. The number of anilines is 1. The predicted molar refractivity (Wildman–Crippen MR) is 68.5 cm³/mol. The molecule has 0 radical (unpaired) electrons. The number of fused-ring (bicyclic) bond motifs is 1. The van der Waals surface area contributed by atoms with Gasteiger partial charge >= 0.3 is 0 Å². The van der Waals surface area contributed by atoms with Gasteiger partial charge in [0.2, 0.25) is 0 Å². The quantitative estimate of drug-likeness (QED) is 0.527. The third kappa shape index (κ3) is 1.77. The number of piperidine rings is 1. The van der Waals surface area contributed by atoms with E-state index < -0.39 is 0 Å². The van der Waals surface area contributed by atoms with Crippen molar-refractivity contribution in [3.05, 3.63) is 12.7 Å². The van der Waals surface area contributed by atoms with Gasteiger partial charge in [-0.2, -0.15) is 0 Å². The average Bonchev–Trinajstić information content (AvgIpc) is 2.87. The molecule has 2 aromatic heterocycles. The van der Waals surface area contributed by atoms with Crippen molar-refractivity contribution in [1.82, 2.24) is 19.9 Å². The van der Waals surface area contributed by atoms with Crippen LogP contribution >= 0.6 is 0 Å². The molecule has 0 aliphatic carbocycles. The summed E-state index contributed by atoms with van der Waals surface area (Å²) in [6, 6.07) is 0. The first-order valence-electron chi connectivity index (χ1n) is 5.98. The Morgan fingerprint density at radius 3 is 3.17 bits per heavy atom. The van der Waals surface area contributed by atoms with Crippen LogP contribution in [-0.2, 0) is 0 Å². The maximum atomic E-state index is 7.57. The highest BCUT2D eigenvalue weighted by molar-refractivity contribution is 5.84. The van der Waals surface area contributed by atoms with Crippen molar-refractivity contribution in [2.75, 3.05) is 18.0 Å². The molecule has 0 bridgehead atoms. The molecule has 1 fully saturated rings. The summed E-state index contributed by atoms with van der Waals surface area (Å²) < 4.78 is 0. The minimum absolute atomic E-state index is 0.117. The molecule has 4 N–H and O–H groups in total. The number of aromatic amines is 1. The molecule has 1 atom stereocenters. The first-order chi connectivity index (χ1) is 8.75. The van der Waals surface area contributed by atoms with Crippen LogP contribution in [0.3, 0.4) is 0 Å². The van der Waals surface area contributed by atoms with Gasteiger partial charge in [0.05, 0.1) is 12.2 Å². The molecule has 0 saturated carbocycles. The minimum atomic E-state index is 0.117. The predicted octanol–water partition coefficient (Wildman–Crippen LogP) is 0.505. The second kappa shape index (κ2) is 4.25. The molecule has 0 spiro atoms. The number of hydrogen-bond acceptors (Lipinski definition) is 5. The van der Waals surface area contributed by atoms with E-state index in [0.717, 1.165) is 37.3 Å². The topological polar surface area (TPSA) is 108 Å². The molecule has 18 heavy (non-hydrogen) atoms. The Balaban J connectivity index is 1.94. The number of H-pyrrole nitrogens is 1. The molecule has 3 heterocycles. The van der Waals surface area contributed by atoms with Crippen molar-refractivity contribution in [3.63, 3.8) is 0 Å². The minimum Gasteiger partial charge on any atom is -0.387 e. The van der Waals surface area contributed by atoms with E-state index in [-0.39, 0.29) is 11.8 Å². The molecular formula is C11H15N7. The number of nitrogens with one attached hydrogen (secondary N) is 2. The van der Waals surface area contributed by atoms with Gasteiger partial charge in [0.1, 0.15) is 11.8 Å². The van der Waals surface area contributed by atoms with Gasteiger partial charge in [0.25, 0.3) is 0 Å². The van der Waals surface area contributed by atoms with E-state index in [1.54, 1.807) is 6.33 Å². The van der Waals surface area contributed by atoms with Gasteiger partial charge in [-0.15, -0.1) is 0 Å². The Morgan fingerprint density at radius 1 is 1.44 bits per heavy atom. The van der Waals surface area contributed by atoms with E-state index in [0.29, 0.717) is 5.65 Å². The number of rotatable bonds is 2. The lowest BCUT2D eigenvalue weighted by atomic mass is 9.97. The Hall–Kier alpha value is -2.18. The lowest BCUT2D eigenvalue weighted by Gasteiger charge is -2.32. The maximum Gasteiger partial charge on any atom is 0.182 e. The first-order valence-corrected chi connectivity index (χ1v) is 5.98. The summed E-state index contributed by atoms with van der Waals surface area (Å²) in [6.07, 6.45) is 5.14. The monoisotopic (exact) mass is 245 g/mol. The molecule has 1 saturated heterocycles. The highest BCUT2D eigenvalue weighted by Crippen LogP contribution is 2.25. The number of hydrogen-bond donors (Lipinski definition) is 3. The van der Waals surface area contributed by atoms with Gasteiger partial charge in [-0.1, -0.05) is 0 Å². The lowest BCUT2D eigenvalue weighted by Crippen LogP contribution is -2.41. The fourth-order valence-corrected chi connectivity index (χ4v) is 2.42. The van der Waals surface area contributed by atoms with Crippen molar-refractivity contribution >= 4 is 22.8 Å². The van der Waals surface area contributed by atoms with Gasteiger partial charge in [0, 0.05) is 19.0 Å². The third-order valence-electron chi connectivity index (χ3n) is 3.36. The Morgan fingerprint density at radius 2 is 2.33 bits per heavy atom. The van der Waals surface area contributed by atoms with E-state index in [1.807, 2.05) is 0 Å². The SMILES string of the molecule is N=C(N)C1CCCN(c2ncnc3nc[nH]c23)C1. The summed E-state index contributed by atoms with van der Waals surface area (Å²) in [6.45, 7) is 1.66. The molecule has 1 aliphatic heterocycles. The highest BCUT2D eigenvalue weighted by Gasteiger charge is 2.24. The molecule has 3 rings (SSSR count). The normalized spacial score (nSPS) is 20.2. The van der Waals surface area contributed by atoms with Gasteiger partial charge < -0.3 is 15.6 Å². The Kier molecular flexibility index (Phi) is 2.58. The van der Waals surface area contributed by atoms with Crippen LogP contribution in [0.5, 0.6) is 0 Å². The molecule has 2 aromatic rings. The van der Waals surface area contributed by atoms with Crippen LogP contribution in [0.15, 0.2) is 12.7 Å². The maximum absolute atomic E-state index is 7.57. The zero-order valence-corrected chi connectivity index (χ0v) is 9.93. The molecule has 0 amide bonds. The molecular weight excluding hydrogens is 230 g/mol. The van der Waals surface area contributed by atoms with Gasteiger partial charge in [-0.3, -0.25) is 5.41 Å². The van der Waals surface area contributed by atoms with Crippen LogP contribution < -0.4 is 10.6 Å². The van der Waals surface area contributed by atoms with E-state index >= 15 is 0 Å². The molecule has 0 aromatic carbocycles.